The van der Waals surface area contributed by atoms with Gasteiger partial charge in [-0.3, -0.25) is 0 Å². The van der Waals surface area contributed by atoms with Crippen molar-refractivity contribution in [2.45, 2.75) is 56.8 Å². The molecule has 3 aromatic carbocycles. The van der Waals surface area contributed by atoms with Gasteiger partial charge >= 0.3 is 0 Å². The summed E-state index contributed by atoms with van der Waals surface area (Å²) < 4.78 is 27.5. The number of hydrogen-bond donors (Lipinski definition) is 1. The Morgan fingerprint density at radius 3 is 2.11 bits per heavy atom. The van der Waals surface area contributed by atoms with Crippen LogP contribution in [0.1, 0.15) is 39.7 Å². The van der Waals surface area contributed by atoms with Crippen molar-refractivity contribution in [2.24, 2.45) is 11.8 Å². The fourth-order valence-corrected chi connectivity index (χ4v) is 11.7. The van der Waals surface area contributed by atoms with Gasteiger partial charge in [0.2, 0.25) is 0 Å². The smallest absolute Gasteiger partial charge is 0.261 e. The summed E-state index contributed by atoms with van der Waals surface area (Å²) in [6.45, 7) is 9.79. The highest BCUT2D eigenvalue weighted by molar-refractivity contribution is 6.99. The lowest BCUT2D eigenvalue weighted by atomic mass is 9.68. The molecule has 3 nitrogen and oxygen atoms in total. The van der Waals surface area contributed by atoms with E-state index in [1.54, 1.807) is 0 Å². The van der Waals surface area contributed by atoms with Gasteiger partial charge in [0.05, 0.1) is 18.8 Å². The average molecular weight is 531 g/mol. The van der Waals surface area contributed by atoms with E-state index in [4.69, 9.17) is 9.16 Å². The van der Waals surface area contributed by atoms with Crippen LogP contribution in [0.2, 0.25) is 5.04 Å². The maximum Gasteiger partial charge on any atom is 0.261 e. The zero-order valence-electron chi connectivity index (χ0n) is 22.8. The Labute approximate surface area is 227 Å². The van der Waals surface area contributed by atoms with E-state index in [2.05, 4.69) is 81.4 Å². The van der Waals surface area contributed by atoms with Gasteiger partial charge in [0.25, 0.3) is 8.32 Å². The van der Waals surface area contributed by atoms with Crippen LogP contribution in [0.5, 0.6) is 0 Å². The van der Waals surface area contributed by atoms with Gasteiger partial charge < -0.3 is 14.3 Å². The lowest BCUT2D eigenvalue weighted by Crippen LogP contribution is -2.67. The maximum atomic E-state index is 13.8. The third-order valence-corrected chi connectivity index (χ3v) is 13.8. The van der Waals surface area contributed by atoms with Gasteiger partial charge in [-0.1, -0.05) is 106 Å². The third-order valence-electron chi connectivity index (χ3n) is 8.78. The normalized spacial score (nSPS) is 26.2. The molecule has 1 saturated heterocycles. The van der Waals surface area contributed by atoms with Crippen molar-refractivity contribution in [1.29, 1.82) is 0 Å². The molecule has 0 spiro atoms. The first-order valence-electron chi connectivity index (χ1n) is 13.7. The molecule has 0 unspecified atom stereocenters. The van der Waals surface area contributed by atoms with Gasteiger partial charge in [0, 0.05) is 23.9 Å². The van der Waals surface area contributed by atoms with Crippen molar-refractivity contribution in [3.8, 4) is 0 Å². The highest BCUT2D eigenvalue weighted by atomic mass is 28.4. The second-order valence-electron chi connectivity index (χ2n) is 11.9. The van der Waals surface area contributed by atoms with Gasteiger partial charge in [-0.25, -0.2) is 4.39 Å². The Balaban J connectivity index is 1.57. The SMILES string of the molecule is CC=C[C@@H](O)[C@H]1[C@H](CO[Si](c2ccccc2)(c2ccccc2)C(C)(C)C)[C@@H]2C[C@]1(c1ccc(F)cc1)CO2. The fraction of sp³-hybridized carbons (Fsp3) is 0.394. The standard InChI is InChI=1S/C33H39FO3Si/c1-5-12-29(35)31-28(30-21-33(31,23-36-30)24-17-19-25(34)20-18-24)22-37-38(32(2,3)4,26-13-8-6-9-14-26)27-15-10-7-11-16-27/h5-20,28-31,35H,21-23H2,1-4H3/t28-,29-,30+,31-,33-/m1/s1. The molecule has 0 aromatic heterocycles. The molecule has 2 fully saturated rings. The predicted octanol–water partition coefficient (Wildman–Crippen LogP) is 5.61. The van der Waals surface area contributed by atoms with Crippen LogP contribution in [0, 0.1) is 17.7 Å². The number of aliphatic hydroxyl groups is 1. The molecule has 200 valence electrons. The van der Waals surface area contributed by atoms with Gasteiger partial charge in [-0.2, -0.15) is 0 Å². The molecule has 1 aliphatic carbocycles. The largest absolute Gasteiger partial charge is 0.407 e. The number of fused-ring (bicyclic) bond motifs is 2. The van der Waals surface area contributed by atoms with Crippen LogP contribution < -0.4 is 10.4 Å². The first-order valence-corrected chi connectivity index (χ1v) is 15.6. The van der Waals surface area contributed by atoms with Crippen molar-refractivity contribution in [3.05, 3.63) is 108 Å². The van der Waals surface area contributed by atoms with Crippen LogP contribution in [0.4, 0.5) is 4.39 Å². The monoisotopic (exact) mass is 530 g/mol. The molecule has 5 rings (SSSR count). The fourth-order valence-electron chi connectivity index (χ4n) is 7.15. The summed E-state index contributed by atoms with van der Waals surface area (Å²) in [6, 6.07) is 28.1. The minimum atomic E-state index is -2.74. The number of aliphatic hydroxyl groups excluding tert-OH is 1. The van der Waals surface area contributed by atoms with Crippen LogP contribution in [0.3, 0.4) is 0 Å². The summed E-state index contributed by atoms with van der Waals surface area (Å²) >= 11 is 0. The number of rotatable bonds is 8. The quantitative estimate of drug-likeness (QED) is 0.304. The minimum absolute atomic E-state index is 0.00153. The van der Waals surface area contributed by atoms with Gasteiger partial charge in [-0.05, 0) is 46.5 Å². The lowest BCUT2D eigenvalue weighted by molar-refractivity contribution is -0.0577. The molecular weight excluding hydrogens is 491 g/mol. The summed E-state index contributed by atoms with van der Waals surface area (Å²) in [5.74, 6) is -0.349. The molecule has 0 radical (unpaired) electrons. The second kappa shape index (κ2) is 10.5. The Hall–Kier alpha value is -2.57. The molecule has 2 aliphatic rings. The topological polar surface area (TPSA) is 38.7 Å². The number of allylic oxidation sites excluding steroid dienone is 1. The van der Waals surface area contributed by atoms with Crippen molar-refractivity contribution in [2.75, 3.05) is 13.2 Å². The number of benzene rings is 3. The first kappa shape index (κ1) is 27.0. The highest BCUT2D eigenvalue weighted by Gasteiger charge is 2.62. The van der Waals surface area contributed by atoms with Crippen LogP contribution in [0.25, 0.3) is 0 Å². The van der Waals surface area contributed by atoms with E-state index in [0.29, 0.717) is 13.2 Å². The molecule has 3 aromatic rings. The molecule has 1 aliphatic heterocycles. The maximum absolute atomic E-state index is 13.8. The van der Waals surface area contributed by atoms with Crippen LogP contribution >= 0.6 is 0 Å². The third kappa shape index (κ3) is 4.50. The average Bonchev–Trinajstić information content (AvgIpc) is 3.48. The van der Waals surface area contributed by atoms with E-state index in [9.17, 15) is 9.50 Å². The molecule has 5 heteroatoms. The number of ether oxygens (including phenoxy) is 1. The minimum Gasteiger partial charge on any atom is -0.407 e. The molecule has 0 amide bonds. The van der Waals surface area contributed by atoms with E-state index < -0.39 is 14.4 Å². The molecule has 38 heavy (non-hydrogen) atoms. The van der Waals surface area contributed by atoms with Crippen molar-refractivity contribution < 1.29 is 18.7 Å². The van der Waals surface area contributed by atoms with Crippen LogP contribution in [-0.2, 0) is 14.6 Å². The lowest BCUT2D eigenvalue weighted by Gasteiger charge is -2.46. The summed E-state index contributed by atoms with van der Waals surface area (Å²) in [5, 5.41) is 13.8. The molecule has 1 saturated carbocycles. The van der Waals surface area contributed by atoms with Gasteiger partial charge in [-0.15, -0.1) is 0 Å². The summed E-state index contributed by atoms with van der Waals surface area (Å²) in [5.41, 5.74) is 0.652. The van der Waals surface area contributed by atoms with Crippen molar-refractivity contribution in [1.82, 2.24) is 0 Å². The van der Waals surface area contributed by atoms with E-state index in [-0.39, 0.29) is 34.2 Å². The second-order valence-corrected chi connectivity index (χ2v) is 16.2. The highest BCUT2D eigenvalue weighted by Crippen LogP contribution is 2.57. The predicted molar refractivity (Wildman–Crippen MR) is 154 cm³/mol. The van der Waals surface area contributed by atoms with Crippen LogP contribution in [-0.4, -0.2) is 38.8 Å². The Bertz CT molecular complexity index is 1200. The zero-order chi connectivity index (χ0) is 27.0. The van der Waals surface area contributed by atoms with Crippen molar-refractivity contribution in [3.63, 3.8) is 0 Å². The molecule has 1 N–H and O–H groups in total. The molecular formula is C33H39FO3Si. The first-order chi connectivity index (χ1) is 18.2. The molecule has 1 heterocycles. The zero-order valence-corrected chi connectivity index (χ0v) is 23.8. The Morgan fingerprint density at radius 2 is 1.58 bits per heavy atom. The Kier molecular flexibility index (Phi) is 7.49. The number of hydrogen-bond acceptors (Lipinski definition) is 3. The van der Waals surface area contributed by atoms with E-state index in [1.165, 1.54) is 22.5 Å². The summed E-state index contributed by atoms with van der Waals surface area (Å²) in [7, 11) is -2.74. The molecule has 2 bridgehead atoms. The van der Waals surface area contributed by atoms with Crippen molar-refractivity contribution >= 4 is 18.7 Å². The van der Waals surface area contributed by atoms with E-state index in [1.807, 2.05) is 31.2 Å². The van der Waals surface area contributed by atoms with Gasteiger partial charge in [0.15, 0.2) is 0 Å². The van der Waals surface area contributed by atoms with Gasteiger partial charge in [0.1, 0.15) is 5.82 Å². The molecule has 5 atom stereocenters. The van der Waals surface area contributed by atoms with E-state index >= 15 is 0 Å². The number of halogens is 1. The summed E-state index contributed by atoms with van der Waals surface area (Å²) in [6.07, 6.45) is 3.92. The van der Waals surface area contributed by atoms with E-state index in [0.717, 1.165) is 12.0 Å². The Morgan fingerprint density at radius 1 is 1.00 bits per heavy atom. The summed E-state index contributed by atoms with van der Waals surface area (Å²) in [4.78, 5) is 0. The van der Waals surface area contributed by atoms with Crippen LogP contribution in [0.15, 0.2) is 97.1 Å².